The van der Waals surface area contributed by atoms with Crippen LogP contribution in [0.25, 0.3) is 0 Å². The number of hydrogen-bond donors (Lipinski definition) is 1. The Morgan fingerprint density at radius 1 is 1.13 bits per heavy atom. The van der Waals surface area contributed by atoms with Gasteiger partial charge in [-0.3, -0.25) is 4.79 Å². The van der Waals surface area contributed by atoms with Crippen LogP contribution in [0, 0.1) is 5.92 Å². The van der Waals surface area contributed by atoms with Gasteiger partial charge in [0.25, 0.3) is 5.91 Å². The van der Waals surface area contributed by atoms with Crippen molar-refractivity contribution in [1.29, 1.82) is 0 Å². The Hall–Kier alpha value is -1.84. The van der Waals surface area contributed by atoms with Crippen molar-refractivity contribution in [3.63, 3.8) is 0 Å². The fourth-order valence-corrected chi connectivity index (χ4v) is 2.89. The quantitative estimate of drug-likeness (QED) is 0.843. The molecular weight excluding hydrogens is 290 g/mol. The van der Waals surface area contributed by atoms with Crippen molar-refractivity contribution >= 4 is 11.9 Å². The van der Waals surface area contributed by atoms with E-state index in [0.717, 1.165) is 31.6 Å². The second kappa shape index (κ2) is 8.14. The number of hydrogen-bond acceptors (Lipinski definition) is 3. The first-order chi connectivity index (χ1) is 11.0. The number of amides is 1. The van der Waals surface area contributed by atoms with E-state index in [1.54, 1.807) is 12.1 Å². The van der Waals surface area contributed by atoms with Gasteiger partial charge in [-0.25, -0.2) is 4.79 Å². The molecule has 1 fully saturated rings. The zero-order chi connectivity index (χ0) is 16.8. The van der Waals surface area contributed by atoms with Gasteiger partial charge < -0.3 is 10.1 Å². The van der Waals surface area contributed by atoms with Gasteiger partial charge >= 0.3 is 5.97 Å². The van der Waals surface area contributed by atoms with Crippen LogP contribution >= 0.6 is 0 Å². The highest BCUT2D eigenvalue weighted by molar-refractivity contribution is 5.91. The molecule has 0 atom stereocenters. The normalized spacial score (nSPS) is 21.0. The number of nitrogens with one attached hydrogen (secondary N) is 1. The molecular formula is C19H27NO3. The lowest BCUT2D eigenvalue weighted by Gasteiger charge is -2.26. The molecule has 1 amide bonds. The maximum atomic E-state index is 12.0. The molecule has 0 aliphatic heterocycles. The molecule has 0 bridgehead atoms. The molecule has 1 aromatic rings. The minimum absolute atomic E-state index is 0.211. The molecule has 0 saturated heterocycles. The summed E-state index contributed by atoms with van der Waals surface area (Å²) in [4.78, 5) is 23.8. The number of carbonyl (C=O) groups is 2. The highest BCUT2D eigenvalue weighted by Gasteiger charge is 2.20. The summed E-state index contributed by atoms with van der Waals surface area (Å²) >= 11 is 0. The summed E-state index contributed by atoms with van der Waals surface area (Å²) in [5, 5.41) is 2.95. The van der Waals surface area contributed by atoms with Crippen LogP contribution in [-0.4, -0.2) is 24.5 Å². The van der Waals surface area contributed by atoms with E-state index < -0.39 is 5.97 Å². The first-order valence-electron chi connectivity index (χ1n) is 8.52. The van der Waals surface area contributed by atoms with Gasteiger partial charge in [0.1, 0.15) is 0 Å². The first kappa shape index (κ1) is 17.5. The topological polar surface area (TPSA) is 55.4 Å². The van der Waals surface area contributed by atoms with E-state index in [1.165, 1.54) is 5.56 Å². The summed E-state index contributed by atoms with van der Waals surface area (Å²) < 4.78 is 5.10. The van der Waals surface area contributed by atoms with Crippen molar-refractivity contribution in [2.75, 3.05) is 6.61 Å². The largest absolute Gasteiger partial charge is 0.452 e. The minimum Gasteiger partial charge on any atom is -0.452 e. The third-order valence-electron chi connectivity index (χ3n) is 4.53. The lowest BCUT2D eigenvalue weighted by molar-refractivity contribution is -0.125. The van der Waals surface area contributed by atoms with Crippen LogP contribution in [0.15, 0.2) is 24.3 Å². The highest BCUT2D eigenvalue weighted by atomic mass is 16.5. The third kappa shape index (κ3) is 5.38. The second-order valence-electron chi connectivity index (χ2n) is 6.88. The van der Waals surface area contributed by atoms with E-state index in [1.807, 2.05) is 12.1 Å². The zero-order valence-corrected chi connectivity index (χ0v) is 14.3. The average molecular weight is 317 g/mol. The van der Waals surface area contributed by atoms with E-state index in [2.05, 4.69) is 26.1 Å². The van der Waals surface area contributed by atoms with Crippen molar-refractivity contribution in [1.82, 2.24) is 5.32 Å². The molecule has 126 valence electrons. The predicted octanol–water partition coefficient (Wildman–Crippen LogP) is 3.66. The molecule has 1 aliphatic rings. The van der Waals surface area contributed by atoms with Gasteiger partial charge in [0.2, 0.25) is 0 Å². The van der Waals surface area contributed by atoms with Gasteiger partial charge in [-0.1, -0.05) is 32.9 Å². The smallest absolute Gasteiger partial charge is 0.338 e. The fraction of sp³-hybridized carbons (Fsp3) is 0.579. The van der Waals surface area contributed by atoms with Gasteiger partial charge in [-0.2, -0.15) is 0 Å². The van der Waals surface area contributed by atoms with Crippen molar-refractivity contribution < 1.29 is 14.3 Å². The Bertz CT molecular complexity index is 528. The number of esters is 1. The van der Waals surface area contributed by atoms with E-state index in [-0.39, 0.29) is 18.6 Å². The van der Waals surface area contributed by atoms with Crippen LogP contribution in [0.2, 0.25) is 0 Å². The summed E-state index contributed by atoms with van der Waals surface area (Å²) in [6, 6.07) is 7.56. The van der Waals surface area contributed by atoms with Gasteiger partial charge in [0.15, 0.2) is 6.61 Å². The molecule has 1 N–H and O–H groups in total. The van der Waals surface area contributed by atoms with E-state index in [9.17, 15) is 9.59 Å². The lowest BCUT2D eigenvalue weighted by atomic mass is 9.87. The minimum atomic E-state index is -0.451. The number of carbonyl (C=O) groups excluding carboxylic acids is 2. The molecule has 0 aromatic heterocycles. The monoisotopic (exact) mass is 317 g/mol. The summed E-state index contributed by atoms with van der Waals surface area (Å²) in [6.45, 7) is 6.23. The Balaban J connectivity index is 1.76. The van der Waals surface area contributed by atoms with Gasteiger partial charge in [-0.05, 0) is 55.2 Å². The average Bonchev–Trinajstić information content (AvgIpc) is 2.55. The van der Waals surface area contributed by atoms with Gasteiger partial charge in [0.05, 0.1) is 5.56 Å². The van der Waals surface area contributed by atoms with Crippen molar-refractivity contribution in [3.8, 4) is 0 Å². The molecule has 0 spiro atoms. The van der Waals surface area contributed by atoms with Crippen LogP contribution in [0.3, 0.4) is 0 Å². The maximum Gasteiger partial charge on any atom is 0.338 e. The van der Waals surface area contributed by atoms with Gasteiger partial charge in [-0.15, -0.1) is 0 Å². The van der Waals surface area contributed by atoms with Crippen LogP contribution < -0.4 is 5.32 Å². The van der Waals surface area contributed by atoms with E-state index in [0.29, 0.717) is 11.5 Å². The molecule has 1 saturated carbocycles. The second-order valence-corrected chi connectivity index (χ2v) is 6.88. The number of ether oxygens (including phenoxy) is 1. The zero-order valence-electron chi connectivity index (χ0n) is 14.3. The Labute approximate surface area is 138 Å². The highest BCUT2D eigenvalue weighted by Crippen LogP contribution is 2.23. The molecule has 4 nitrogen and oxygen atoms in total. The van der Waals surface area contributed by atoms with E-state index in [4.69, 9.17) is 4.74 Å². The van der Waals surface area contributed by atoms with Gasteiger partial charge in [0, 0.05) is 6.04 Å². The van der Waals surface area contributed by atoms with Crippen LogP contribution in [0.1, 0.15) is 68.3 Å². The predicted molar refractivity (Wildman–Crippen MR) is 90.4 cm³/mol. The first-order valence-corrected chi connectivity index (χ1v) is 8.52. The fourth-order valence-electron chi connectivity index (χ4n) is 2.89. The summed E-state index contributed by atoms with van der Waals surface area (Å²) in [6.07, 6.45) is 4.31. The van der Waals surface area contributed by atoms with Crippen molar-refractivity contribution in [3.05, 3.63) is 35.4 Å². The van der Waals surface area contributed by atoms with Crippen molar-refractivity contribution in [2.24, 2.45) is 5.92 Å². The molecule has 0 radical (unpaired) electrons. The molecule has 4 heteroatoms. The molecule has 23 heavy (non-hydrogen) atoms. The van der Waals surface area contributed by atoms with Crippen molar-refractivity contribution in [2.45, 2.75) is 58.4 Å². The molecule has 0 heterocycles. The molecule has 0 unspecified atom stereocenters. The third-order valence-corrected chi connectivity index (χ3v) is 4.53. The van der Waals surface area contributed by atoms with Crippen LogP contribution in [0.5, 0.6) is 0 Å². The summed E-state index contributed by atoms with van der Waals surface area (Å²) in [5.41, 5.74) is 1.65. The maximum absolute atomic E-state index is 12.0. The van der Waals surface area contributed by atoms with Crippen LogP contribution in [-0.2, 0) is 9.53 Å². The molecule has 1 aromatic carbocycles. The van der Waals surface area contributed by atoms with Crippen LogP contribution in [0.4, 0.5) is 0 Å². The summed E-state index contributed by atoms with van der Waals surface area (Å²) in [7, 11) is 0. The van der Waals surface area contributed by atoms with E-state index >= 15 is 0 Å². The Kier molecular flexibility index (Phi) is 6.20. The molecule has 2 rings (SSSR count). The lowest BCUT2D eigenvalue weighted by Crippen LogP contribution is -2.39. The standard InChI is InChI=1S/C19H27NO3/c1-13(2)15-6-8-16(9-7-15)19(22)23-12-18(21)20-17-10-4-14(3)5-11-17/h6-9,13-14,17H,4-5,10-12H2,1-3H3,(H,20,21). The molecule has 1 aliphatic carbocycles. The summed E-state index contributed by atoms with van der Waals surface area (Å²) in [5.74, 6) is 0.503. The number of benzene rings is 1. The Morgan fingerprint density at radius 2 is 1.74 bits per heavy atom. The Morgan fingerprint density at radius 3 is 2.30 bits per heavy atom. The number of rotatable bonds is 5. The SMILES string of the molecule is CC1CCC(NC(=O)COC(=O)c2ccc(C(C)C)cc2)CC1.